The maximum absolute atomic E-state index is 9.51. The van der Waals surface area contributed by atoms with Gasteiger partial charge in [-0.25, -0.2) is 9.98 Å². The van der Waals surface area contributed by atoms with Crippen LogP contribution in [0.1, 0.15) is 53.4 Å². The number of amidine groups is 2. The summed E-state index contributed by atoms with van der Waals surface area (Å²) in [6.45, 7) is 4.54. The minimum absolute atomic E-state index is 0.158. The van der Waals surface area contributed by atoms with Gasteiger partial charge in [-0.15, -0.1) is 0 Å². The molecule has 1 aliphatic carbocycles. The molecule has 1 N–H and O–H groups in total. The van der Waals surface area contributed by atoms with E-state index in [2.05, 4.69) is 104 Å². The highest BCUT2D eigenvalue weighted by atomic mass is 16.6. The zero-order valence-electron chi connectivity index (χ0n) is 30.2. The van der Waals surface area contributed by atoms with Gasteiger partial charge in [-0.2, -0.15) is 5.26 Å². The molecule has 7 aromatic carbocycles. The van der Waals surface area contributed by atoms with Crippen LogP contribution in [0, 0.1) is 11.3 Å². The molecule has 0 bridgehead atoms. The van der Waals surface area contributed by atoms with Gasteiger partial charge in [0.15, 0.2) is 28.8 Å². The highest BCUT2D eigenvalue weighted by molar-refractivity contribution is 6.13. The van der Waals surface area contributed by atoms with Gasteiger partial charge < -0.3 is 14.8 Å². The van der Waals surface area contributed by atoms with Crippen LogP contribution in [0.3, 0.4) is 0 Å². The Morgan fingerprint density at radius 2 is 1.25 bits per heavy atom. The third-order valence-corrected chi connectivity index (χ3v) is 10.8. The van der Waals surface area contributed by atoms with Crippen LogP contribution >= 0.6 is 0 Å². The van der Waals surface area contributed by atoms with Gasteiger partial charge in [0.1, 0.15) is 12.0 Å². The average molecular weight is 711 g/mol. The molecule has 0 saturated heterocycles. The summed E-state index contributed by atoms with van der Waals surface area (Å²) < 4.78 is 13.5. The fourth-order valence-electron chi connectivity index (χ4n) is 8.05. The molecule has 7 aromatic rings. The summed E-state index contributed by atoms with van der Waals surface area (Å²) in [7, 11) is 0. The normalized spacial score (nSPS) is 15.7. The number of nitriles is 1. The number of ether oxygens (including phenoxy) is 2. The van der Waals surface area contributed by atoms with Gasteiger partial charge in [0.05, 0.1) is 11.6 Å². The largest absolute Gasteiger partial charge is 0.449 e. The molecular weight excluding hydrogens is 677 g/mol. The molecule has 10 rings (SSSR count). The van der Waals surface area contributed by atoms with E-state index in [1.54, 1.807) is 0 Å². The van der Waals surface area contributed by atoms with Crippen LogP contribution in [0.2, 0.25) is 0 Å². The number of nitrogens with zero attached hydrogens (tertiary/aromatic N) is 3. The molecular formula is C49H34N4O2. The first-order valence-electron chi connectivity index (χ1n) is 18.4. The van der Waals surface area contributed by atoms with Crippen molar-refractivity contribution in [2.75, 3.05) is 0 Å². The number of nitrogens with one attached hydrogen (secondary N) is 1. The first-order chi connectivity index (χ1) is 26.9. The molecule has 0 radical (unpaired) electrons. The van der Waals surface area contributed by atoms with Crippen molar-refractivity contribution in [3.63, 3.8) is 0 Å². The van der Waals surface area contributed by atoms with Crippen LogP contribution in [-0.2, 0) is 5.41 Å². The van der Waals surface area contributed by atoms with Gasteiger partial charge in [-0.3, -0.25) is 0 Å². The summed E-state index contributed by atoms with van der Waals surface area (Å²) in [5.74, 6) is 4.14. The summed E-state index contributed by atoms with van der Waals surface area (Å²) in [5.41, 5.74) is 11.9. The maximum atomic E-state index is 9.51. The number of fused-ring (bicyclic) bond motifs is 6. The lowest BCUT2D eigenvalue weighted by Crippen LogP contribution is -2.33. The molecule has 3 aliphatic rings. The van der Waals surface area contributed by atoms with E-state index in [9.17, 15) is 5.26 Å². The fourth-order valence-corrected chi connectivity index (χ4v) is 8.05. The fraction of sp³-hybridized carbons (Fsp3) is 0.0816. The Hall–Kier alpha value is -7.23. The van der Waals surface area contributed by atoms with Gasteiger partial charge in [-0.1, -0.05) is 135 Å². The predicted molar refractivity (Wildman–Crippen MR) is 218 cm³/mol. The smallest absolute Gasteiger partial charge is 0.178 e. The van der Waals surface area contributed by atoms with Crippen LogP contribution in [0.15, 0.2) is 168 Å². The lowest BCUT2D eigenvalue weighted by molar-refractivity contribution is 0.361. The van der Waals surface area contributed by atoms with Crippen molar-refractivity contribution < 1.29 is 9.47 Å². The first kappa shape index (κ1) is 32.4. The van der Waals surface area contributed by atoms with E-state index in [1.165, 1.54) is 16.7 Å². The van der Waals surface area contributed by atoms with Crippen molar-refractivity contribution in [1.82, 2.24) is 5.32 Å². The molecule has 6 heteroatoms. The predicted octanol–water partition coefficient (Wildman–Crippen LogP) is 11.6. The summed E-state index contributed by atoms with van der Waals surface area (Å²) in [6.07, 6.45) is -0.357. The van der Waals surface area contributed by atoms with E-state index >= 15 is 0 Å². The third kappa shape index (κ3) is 5.48. The molecule has 0 fully saturated rings. The standard InChI is InChI=1S/C49H34N4O2/c1-49(2)39-22-7-6-20-38(39)43-40(49)24-25-42-45(43)55-44-37(21-11-23-41(44)54-42)34-17-10-19-36(28-34)48-52-46(31-13-4-3-5-14-31)51-47(53-48)35-18-9-16-33(27-35)32-15-8-12-30(26-32)29-50/h3-28,46H,1-2H3,(H,51,52,53). The lowest BCUT2D eigenvalue weighted by atomic mass is 9.82. The highest BCUT2D eigenvalue weighted by Crippen LogP contribution is 2.59. The molecule has 262 valence electrons. The second-order valence-electron chi connectivity index (χ2n) is 14.5. The number of hydrogen-bond donors (Lipinski definition) is 1. The molecule has 0 aromatic heterocycles. The summed E-state index contributed by atoms with van der Waals surface area (Å²) >= 11 is 0. The Labute approximate surface area is 319 Å². The number of para-hydroxylation sites is 1. The number of hydrogen-bond acceptors (Lipinski definition) is 6. The van der Waals surface area contributed by atoms with Crippen molar-refractivity contribution in [1.29, 1.82) is 5.26 Å². The molecule has 2 heterocycles. The van der Waals surface area contributed by atoms with E-state index in [-0.39, 0.29) is 11.6 Å². The van der Waals surface area contributed by atoms with E-state index in [4.69, 9.17) is 19.5 Å². The molecule has 55 heavy (non-hydrogen) atoms. The molecule has 1 atom stereocenters. The van der Waals surface area contributed by atoms with E-state index in [1.807, 2.05) is 78.9 Å². The molecule has 0 spiro atoms. The van der Waals surface area contributed by atoms with Gasteiger partial charge in [-0.05, 0) is 75.3 Å². The summed E-state index contributed by atoms with van der Waals surface area (Å²) in [4.78, 5) is 10.3. The van der Waals surface area contributed by atoms with Gasteiger partial charge in [0.25, 0.3) is 0 Å². The topological polar surface area (TPSA) is 79.0 Å². The van der Waals surface area contributed by atoms with E-state index < -0.39 is 0 Å². The summed E-state index contributed by atoms with van der Waals surface area (Å²) in [5, 5.41) is 13.1. The second kappa shape index (κ2) is 12.7. The number of rotatable bonds is 5. The van der Waals surface area contributed by atoms with Crippen LogP contribution in [0.5, 0.6) is 23.0 Å². The van der Waals surface area contributed by atoms with Crippen molar-refractivity contribution >= 4 is 11.7 Å². The quantitative estimate of drug-likeness (QED) is 0.193. The first-order valence-corrected chi connectivity index (χ1v) is 18.4. The van der Waals surface area contributed by atoms with Gasteiger partial charge >= 0.3 is 0 Å². The zero-order chi connectivity index (χ0) is 37.1. The number of aliphatic imine (C=N–C) groups is 2. The Morgan fingerprint density at radius 3 is 2.11 bits per heavy atom. The Balaban J connectivity index is 1.05. The minimum Gasteiger partial charge on any atom is -0.449 e. The summed E-state index contributed by atoms with van der Waals surface area (Å²) in [6, 6.07) is 55.4. The molecule has 0 amide bonds. The van der Waals surface area contributed by atoms with Crippen LogP contribution in [-0.4, -0.2) is 11.7 Å². The second-order valence-corrected chi connectivity index (χ2v) is 14.5. The van der Waals surface area contributed by atoms with E-state index in [0.717, 1.165) is 50.3 Å². The highest BCUT2D eigenvalue weighted by Gasteiger charge is 2.40. The average Bonchev–Trinajstić information content (AvgIpc) is 3.49. The molecule has 1 unspecified atom stereocenters. The van der Waals surface area contributed by atoms with E-state index in [0.29, 0.717) is 34.5 Å². The third-order valence-electron chi connectivity index (χ3n) is 10.8. The van der Waals surface area contributed by atoms with Gasteiger partial charge in [0, 0.05) is 27.7 Å². The minimum atomic E-state index is -0.357. The van der Waals surface area contributed by atoms with Crippen LogP contribution < -0.4 is 14.8 Å². The van der Waals surface area contributed by atoms with Crippen LogP contribution in [0.4, 0.5) is 0 Å². The Morgan fingerprint density at radius 1 is 0.582 bits per heavy atom. The Kier molecular flexibility index (Phi) is 7.50. The SMILES string of the molecule is CC1(C)c2ccccc2-c2c1ccc1c2Oc2c(cccc2-c2cccc(C3=NC(c4ccccc4)NC(c4cccc(-c5cccc(C#N)c5)c4)=N3)c2)O1. The van der Waals surface area contributed by atoms with Gasteiger partial charge in [0.2, 0.25) is 0 Å². The monoisotopic (exact) mass is 710 g/mol. The van der Waals surface area contributed by atoms with Crippen molar-refractivity contribution in [2.24, 2.45) is 9.98 Å². The maximum Gasteiger partial charge on any atom is 0.178 e. The lowest BCUT2D eigenvalue weighted by Gasteiger charge is -2.26. The zero-order valence-corrected chi connectivity index (χ0v) is 30.2. The Bertz CT molecular complexity index is 2790. The molecule has 6 nitrogen and oxygen atoms in total. The molecule has 0 saturated carbocycles. The van der Waals surface area contributed by atoms with Crippen molar-refractivity contribution in [2.45, 2.75) is 25.4 Å². The molecule has 2 aliphatic heterocycles. The number of benzene rings is 7. The van der Waals surface area contributed by atoms with Crippen LogP contribution in [0.25, 0.3) is 33.4 Å². The van der Waals surface area contributed by atoms with Crippen molar-refractivity contribution in [3.05, 3.63) is 191 Å². The van der Waals surface area contributed by atoms with Crippen molar-refractivity contribution in [3.8, 4) is 62.4 Å².